The first kappa shape index (κ1) is 9.46. The molecule has 1 rings (SSSR count). The molecule has 2 unspecified atom stereocenters. The number of hydrogen-bond donors (Lipinski definition) is 0. The first-order valence-corrected chi connectivity index (χ1v) is 4.59. The Morgan fingerprint density at radius 3 is 2.75 bits per heavy atom. The molecule has 0 aliphatic carbocycles. The van der Waals surface area contributed by atoms with Crippen LogP contribution in [-0.2, 0) is 0 Å². The fourth-order valence-corrected chi connectivity index (χ4v) is 1.60. The molecule has 1 aromatic rings. The molecule has 2 nitrogen and oxygen atoms in total. The van der Waals surface area contributed by atoms with Crippen LogP contribution in [0.5, 0.6) is 0 Å². The van der Waals surface area contributed by atoms with Crippen molar-refractivity contribution in [3.63, 3.8) is 0 Å². The van der Waals surface area contributed by atoms with Crippen LogP contribution in [0.15, 0.2) is 18.6 Å². The van der Waals surface area contributed by atoms with E-state index < -0.39 is 0 Å². The third-order valence-electron chi connectivity index (χ3n) is 1.98. The molecule has 0 spiro atoms. The summed E-state index contributed by atoms with van der Waals surface area (Å²) in [6.07, 6.45) is 4.34. The molecule has 1 aromatic heterocycles. The minimum atomic E-state index is 0.130. The summed E-state index contributed by atoms with van der Waals surface area (Å²) in [5.41, 5.74) is 1.04. The largest absolute Gasteiger partial charge is 0.245 e. The number of alkyl halides is 1. The molecule has 0 saturated heterocycles. The highest BCUT2D eigenvalue weighted by molar-refractivity contribution is 6.20. The predicted octanol–water partition coefficient (Wildman–Crippen LogP) is 2.60. The molecule has 1 heterocycles. The Bertz CT molecular complexity index is 223. The van der Waals surface area contributed by atoms with Gasteiger partial charge in [0.05, 0.1) is 0 Å². The zero-order valence-electron chi connectivity index (χ0n) is 7.37. The average Bonchev–Trinajstić information content (AvgIpc) is 2.07. The number of rotatable bonds is 3. The highest BCUT2D eigenvalue weighted by atomic mass is 35.5. The van der Waals surface area contributed by atoms with E-state index in [4.69, 9.17) is 11.6 Å². The summed E-state index contributed by atoms with van der Waals surface area (Å²) in [4.78, 5) is 8.04. The van der Waals surface area contributed by atoms with Crippen LogP contribution in [-0.4, -0.2) is 15.3 Å². The van der Waals surface area contributed by atoms with Crippen molar-refractivity contribution in [1.29, 1.82) is 0 Å². The molecule has 0 radical (unpaired) electrons. The summed E-state index contributed by atoms with van der Waals surface area (Å²) < 4.78 is 0. The van der Waals surface area contributed by atoms with Gasteiger partial charge in [0.15, 0.2) is 0 Å². The van der Waals surface area contributed by atoms with Gasteiger partial charge in [0, 0.05) is 23.2 Å². The topological polar surface area (TPSA) is 25.8 Å². The van der Waals surface area contributed by atoms with Gasteiger partial charge in [0.1, 0.15) is 6.33 Å². The maximum absolute atomic E-state index is 6.02. The molecule has 0 aromatic carbocycles. The van der Waals surface area contributed by atoms with Crippen molar-refractivity contribution in [2.75, 3.05) is 0 Å². The van der Waals surface area contributed by atoms with Crippen LogP contribution < -0.4 is 0 Å². The highest BCUT2D eigenvalue weighted by Crippen LogP contribution is 2.24. The van der Waals surface area contributed by atoms with Gasteiger partial charge in [-0.2, -0.15) is 0 Å². The van der Waals surface area contributed by atoms with Gasteiger partial charge >= 0.3 is 0 Å². The van der Waals surface area contributed by atoms with Crippen molar-refractivity contribution >= 4 is 11.6 Å². The van der Waals surface area contributed by atoms with Gasteiger partial charge < -0.3 is 0 Å². The van der Waals surface area contributed by atoms with E-state index in [9.17, 15) is 0 Å². The lowest BCUT2D eigenvalue weighted by Gasteiger charge is -2.15. The number of halogens is 1. The molecule has 2 atom stereocenters. The molecule has 0 aliphatic rings. The molecule has 0 fully saturated rings. The predicted molar refractivity (Wildman–Crippen MR) is 50.4 cm³/mol. The third kappa shape index (κ3) is 2.18. The second-order valence-corrected chi connectivity index (χ2v) is 3.51. The summed E-state index contributed by atoms with van der Waals surface area (Å²) in [5.74, 6) is 0.342. The van der Waals surface area contributed by atoms with E-state index in [1.807, 2.05) is 13.0 Å². The summed E-state index contributed by atoms with van der Waals surface area (Å²) in [6.45, 7) is 4.11. The summed E-state index contributed by atoms with van der Waals surface area (Å²) in [5, 5.41) is 0.130. The van der Waals surface area contributed by atoms with Crippen LogP contribution in [0, 0.1) is 0 Å². The van der Waals surface area contributed by atoms with Crippen molar-refractivity contribution < 1.29 is 0 Å². The van der Waals surface area contributed by atoms with E-state index >= 15 is 0 Å². The van der Waals surface area contributed by atoms with Crippen molar-refractivity contribution in [3.05, 3.63) is 24.3 Å². The molecular weight excluding hydrogens is 172 g/mol. The first-order chi connectivity index (χ1) is 5.75. The van der Waals surface area contributed by atoms with Crippen LogP contribution in [0.1, 0.15) is 31.9 Å². The lowest BCUT2D eigenvalue weighted by molar-refractivity contribution is 0.628. The Morgan fingerprint density at radius 1 is 1.58 bits per heavy atom. The Hall–Kier alpha value is -0.630. The van der Waals surface area contributed by atoms with Crippen molar-refractivity contribution in [1.82, 2.24) is 9.97 Å². The van der Waals surface area contributed by atoms with Gasteiger partial charge in [-0.3, -0.25) is 0 Å². The molecule has 0 saturated carbocycles. The molecule has 0 N–H and O–H groups in total. The van der Waals surface area contributed by atoms with E-state index in [2.05, 4.69) is 16.9 Å². The third-order valence-corrected chi connectivity index (χ3v) is 2.28. The number of aromatic nitrogens is 2. The van der Waals surface area contributed by atoms with Crippen molar-refractivity contribution in [2.24, 2.45) is 0 Å². The Labute approximate surface area is 78.0 Å². The van der Waals surface area contributed by atoms with Crippen LogP contribution >= 0.6 is 11.6 Å². The SMILES string of the molecule is CCC(c1ccncn1)C(C)Cl. The van der Waals surface area contributed by atoms with E-state index in [-0.39, 0.29) is 5.38 Å². The fraction of sp³-hybridized carbons (Fsp3) is 0.556. The molecule has 0 amide bonds. The van der Waals surface area contributed by atoms with E-state index in [0.717, 1.165) is 12.1 Å². The molecule has 0 bridgehead atoms. The number of nitrogens with zero attached hydrogens (tertiary/aromatic N) is 2. The Kier molecular flexibility index (Phi) is 3.48. The normalized spacial score (nSPS) is 15.6. The molecule has 12 heavy (non-hydrogen) atoms. The lowest BCUT2D eigenvalue weighted by Crippen LogP contribution is -2.09. The van der Waals surface area contributed by atoms with E-state index in [1.165, 1.54) is 0 Å². The zero-order chi connectivity index (χ0) is 8.97. The van der Waals surface area contributed by atoms with Gasteiger partial charge in [-0.1, -0.05) is 6.92 Å². The summed E-state index contributed by atoms with van der Waals surface area (Å²) in [7, 11) is 0. The second kappa shape index (κ2) is 4.41. The molecule has 66 valence electrons. The quantitative estimate of drug-likeness (QED) is 0.675. The average molecular weight is 185 g/mol. The summed E-state index contributed by atoms with van der Waals surface area (Å²) >= 11 is 6.02. The van der Waals surface area contributed by atoms with Crippen LogP contribution in [0.2, 0.25) is 0 Å². The second-order valence-electron chi connectivity index (χ2n) is 2.83. The van der Waals surface area contributed by atoms with Crippen LogP contribution in [0.25, 0.3) is 0 Å². The lowest BCUT2D eigenvalue weighted by atomic mass is 9.99. The maximum Gasteiger partial charge on any atom is 0.115 e. The van der Waals surface area contributed by atoms with Gasteiger partial charge in [-0.25, -0.2) is 9.97 Å². The fourth-order valence-electron chi connectivity index (χ4n) is 1.29. The zero-order valence-corrected chi connectivity index (χ0v) is 8.12. The number of hydrogen-bond acceptors (Lipinski definition) is 2. The van der Waals surface area contributed by atoms with Crippen molar-refractivity contribution in [3.8, 4) is 0 Å². The van der Waals surface area contributed by atoms with Crippen molar-refractivity contribution in [2.45, 2.75) is 31.6 Å². The Balaban J connectivity index is 2.80. The van der Waals surface area contributed by atoms with Gasteiger partial charge in [0.25, 0.3) is 0 Å². The standard InChI is InChI=1S/C9H13ClN2/c1-3-8(7(2)10)9-4-5-11-6-12-9/h4-8H,3H2,1-2H3. The van der Waals surface area contributed by atoms with Crippen LogP contribution in [0.3, 0.4) is 0 Å². The van der Waals surface area contributed by atoms with E-state index in [0.29, 0.717) is 5.92 Å². The van der Waals surface area contributed by atoms with Gasteiger partial charge in [-0.15, -0.1) is 11.6 Å². The minimum Gasteiger partial charge on any atom is -0.245 e. The summed E-state index contributed by atoms with van der Waals surface area (Å²) in [6, 6.07) is 1.92. The molecule has 3 heteroatoms. The smallest absolute Gasteiger partial charge is 0.115 e. The van der Waals surface area contributed by atoms with Gasteiger partial charge in [0.2, 0.25) is 0 Å². The molecule has 0 aliphatic heterocycles. The van der Waals surface area contributed by atoms with Crippen LogP contribution in [0.4, 0.5) is 0 Å². The van der Waals surface area contributed by atoms with E-state index in [1.54, 1.807) is 12.5 Å². The maximum atomic E-state index is 6.02. The first-order valence-electron chi connectivity index (χ1n) is 4.15. The van der Waals surface area contributed by atoms with Gasteiger partial charge in [-0.05, 0) is 19.4 Å². The minimum absolute atomic E-state index is 0.130. The monoisotopic (exact) mass is 184 g/mol. The molecular formula is C9H13ClN2. The Morgan fingerprint density at radius 2 is 2.33 bits per heavy atom. The highest BCUT2D eigenvalue weighted by Gasteiger charge is 2.15.